The zero-order valence-electron chi connectivity index (χ0n) is 9.57. The van der Waals surface area contributed by atoms with Crippen LogP contribution in [-0.2, 0) is 7.05 Å². The molecule has 0 radical (unpaired) electrons. The number of imidazole rings is 1. The second-order valence-corrected chi connectivity index (χ2v) is 3.75. The normalized spacial score (nSPS) is 10.3. The lowest BCUT2D eigenvalue weighted by molar-refractivity contribution is 0.102. The van der Waals surface area contributed by atoms with E-state index in [1.54, 1.807) is 23.9 Å². The molecule has 1 aromatic heterocycles. The van der Waals surface area contributed by atoms with Crippen LogP contribution in [0.5, 0.6) is 0 Å². The standard InChI is InChI=1S/C12H12FN3O/c1-8-7-16(2)12(14-8)15-11(17)9-5-3-4-6-10(9)13/h3-7H,1-2H3,(H,14,15,17). The van der Waals surface area contributed by atoms with Gasteiger partial charge in [-0.15, -0.1) is 0 Å². The number of amides is 1. The van der Waals surface area contributed by atoms with E-state index in [9.17, 15) is 9.18 Å². The van der Waals surface area contributed by atoms with Crippen LogP contribution in [0.3, 0.4) is 0 Å². The molecule has 4 nitrogen and oxygen atoms in total. The number of carbonyl (C=O) groups is 1. The van der Waals surface area contributed by atoms with E-state index in [0.717, 1.165) is 5.69 Å². The summed E-state index contributed by atoms with van der Waals surface area (Å²) in [5.41, 5.74) is 0.796. The van der Waals surface area contributed by atoms with Crippen LogP contribution in [0.15, 0.2) is 30.5 Å². The molecule has 0 fully saturated rings. The number of aromatic nitrogens is 2. The number of anilines is 1. The molecule has 0 atom stereocenters. The summed E-state index contributed by atoms with van der Waals surface area (Å²) in [5.74, 6) is -0.650. The number of benzene rings is 1. The molecule has 0 aliphatic rings. The summed E-state index contributed by atoms with van der Waals surface area (Å²) in [6.45, 7) is 1.82. The summed E-state index contributed by atoms with van der Waals surface area (Å²) in [6.07, 6.45) is 1.77. The lowest BCUT2D eigenvalue weighted by atomic mass is 10.2. The first-order valence-electron chi connectivity index (χ1n) is 5.14. The zero-order valence-corrected chi connectivity index (χ0v) is 9.57. The van der Waals surface area contributed by atoms with Gasteiger partial charge in [0.1, 0.15) is 5.82 Å². The fourth-order valence-corrected chi connectivity index (χ4v) is 1.55. The third-order valence-electron chi connectivity index (χ3n) is 2.34. The van der Waals surface area contributed by atoms with Crippen molar-refractivity contribution in [1.29, 1.82) is 0 Å². The molecule has 0 bridgehead atoms. The van der Waals surface area contributed by atoms with Gasteiger partial charge in [0.05, 0.1) is 11.3 Å². The Kier molecular flexibility index (Phi) is 2.91. The Morgan fingerprint density at radius 2 is 2.12 bits per heavy atom. The predicted octanol–water partition coefficient (Wildman–Crippen LogP) is 2.12. The Bertz CT molecular complexity index is 563. The van der Waals surface area contributed by atoms with Crippen molar-refractivity contribution >= 4 is 11.9 Å². The number of nitrogens with one attached hydrogen (secondary N) is 1. The fourth-order valence-electron chi connectivity index (χ4n) is 1.55. The molecule has 1 aromatic carbocycles. The van der Waals surface area contributed by atoms with Gasteiger partial charge in [-0.2, -0.15) is 0 Å². The first kappa shape index (κ1) is 11.3. The highest BCUT2D eigenvalue weighted by Crippen LogP contribution is 2.11. The Morgan fingerprint density at radius 1 is 1.41 bits per heavy atom. The van der Waals surface area contributed by atoms with Crippen molar-refractivity contribution in [3.63, 3.8) is 0 Å². The van der Waals surface area contributed by atoms with Crippen molar-refractivity contribution in [1.82, 2.24) is 9.55 Å². The largest absolute Gasteiger partial charge is 0.320 e. The molecule has 1 heterocycles. The molecular formula is C12H12FN3O. The fraction of sp³-hybridized carbons (Fsp3) is 0.167. The second kappa shape index (κ2) is 4.37. The summed E-state index contributed by atoms with van der Waals surface area (Å²) < 4.78 is 15.0. The van der Waals surface area contributed by atoms with Gasteiger partial charge in [-0.1, -0.05) is 12.1 Å². The molecule has 5 heteroatoms. The van der Waals surface area contributed by atoms with E-state index in [1.165, 1.54) is 18.2 Å². The average molecular weight is 233 g/mol. The third kappa shape index (κ3) is 2.33. The summed E-state index contributed by atoms with van der Waals surface area (Å²) >= 11 is 0. The van der Waals surface area contributed by atoms with Gasteiger partial charge in [0.15, 0.2) is 0 Å². The highest BCUT2D eigenvalue weighted by Gasteiger charge is 2.13. The van der Waals surface area contributed by atoms with Crippen molar-refractivity contribution < 1.29 is 9.18 Å². The van der Waals surface area contributed by atoms with Crippen molar-refractivity contribution in [2.24, 2.45) is 7.05 Å². The molecule has 2 rings (SSSR count). The molecule has 0 spiro atoms. The van der Waals surface area contributed by atoms with Gasteiger partial charge in [0.25, 0.3) is 5.91 Å². The number of hydrogen-bond donors (Lipinski definition) is 1. The Balaban J connectivity index is 2.23. The maximum absolute atomic E-state index is 13.4. The van der Waals surface area contributed by atoms with Crippen molar-refractivity contribution in [3.8, 4) is 0 Å². The van der Waals surface area contributed by atoms with E-state index < -0.39 is 11.7 Å². The summed E-state index contributed by atoms with van der Waals surface area (Å²) in [7, 11) is 1.76. The minimum atomic E-state index is -0.545. The highest BCUT2D eigenvalue weighted by molar-refractivity contribution is 6.03. The topological polar surface area (TPSA) is 46.9 Å². The van der Waals surface area contributed by atoms with Gasteiger partial charge >= 0.3 is 0 Å². The lowest BCUT2D eigenvalue weighted by Crippen LogP contribution is -2.16. The summed E-state index contributed by atoms with van der Waals surface area (Å²) in [6, 6.07) is 5.83. The first-order valence-corrected chi connectivity index (χ1v) is 5.14. The molecule has 0 unspecified atom stereocenters. The number of hydrogen-bond acceptors (Lipinski definition) is 2. The quantitative estimate of drug-likeness (QED) is 0.863. The average Bonchev–Trinajstić information content (AvgIpc) is 2.58. The third-order valence-corrected chi connectivity index (χ3v) is 2.34. The van der Waals surface area contributed by atoms with Crippen molar-refractivity contribution in [2.45, 2.75) is 6.92 Å². The summed E-state index contributed by atoms with van der Waals surface area (Å²) in [5, 5.41) is 2.56. The highest BCUT2D eigenvalue weighted by atomic mass is 19.1. The van der Waals surface area contributed by atoms with Gasteiger partial charge in [0.2, 0.25) is 5.95 Å². The van der Waals surface area contributed by atoms with Crippen LogP contribution in [-0.4, -0.2) is 15.5 Å². The van der Waals surface area contributed by atoms with Gasteiger partial charge < -0.3 is 4.57 Å². The number of aryl methyl sites for hydroxylation is 2. The molecule has 0 aliphatic carbocycles. The van der Waals surface area contributed by atoms with E-state index >= 15 is 0 Å². The van der Waals surface area contributed by atoms with Crippen molar-refractivity contribution in [3.05, 3.63) is 47.5 Å². The first-order chi connectivity index (χ1) is 8.08. The van der Waals surface area contributed by atoms with Crippen LogP contribution < -0.4 is 5.32 Å². The van der Waals surface area contributed by atoms with Crippen LogP contribution in [0.25, 0.3) is 0 Å². The molecule has 17 heavy (non-hydrogen) atoms. The Morgan fingerprint density at radius 3 is 2.71 bits per heavy atom. The second-order valence-electron chi connectivity index (χ2n) is 3.75. The van der Waals surface area contributed by atoms with E-state index in [1.807, 2.05) is 6.92 Å². The Hall–Kier alpha value is -2.17. The SMILES string of the molecule is Cc1cn(C)c(NC(=O)c2ccccc2F)n1. The van der Waals surface area contributed by atoms with Gasteiger partial charge in [-0.25, -0.2) is 9.37 Å². The maximum Gasteiger partial charge on any atom is 0.260 e. The smallest absolute Gasteiger partial charge is 0.260 e. The molecule has 1 amide bonds. The van der Waals surface area contributed by atoms with Crippen LogP contribution in [0.1, 0.15) is 16.1 Å². The minimum absolute atomic E-state index is 0.00755. The molecule has 0 saturated carbocycles. The van der Waals surface area contributed by atoms with Crippen LogP contribution in [0, 0.1) is 12.7 Å². The number of nitrogens with zero attached hydrogens (tertiary/aromatic N) is 2. The maximum atomic E-state index is 13.4. The van der Waals surface area contributed by atoms with Crippen LogP contribution in [0.2, 0.25) is 0 Å². The van der Waals surface area contributed by atoms with E-state index in [2.05, 4.69) is 10.3 Å². The van der Waals surface area contributed by atoms with E-state index in [-0.39, 0.29) is 5.56 Å². The van der Waals surface area contributed by atoms with E-state index in [0.29, 0.717) is 5.95 Å². The number of carbonyl (C=O) groups excluding carboxylic acids is 1. The zero-order chi connectivity index (χ0) is 12.4. The molecular weight excluding hydrogens is 221 g/mol. The number of halogens is 1. The molecule has 0 aliphatic heterocycles. The molecule has 2 aromatic rings. The summed E-state index contributed by atoms with van der Waals surface area (Å²) in [4.78, 5) is 15.9. The minimum Gasteiger partial charge on any atom is -0.320 e. The molecule has 0 saturated heterocycles. The number of rotatable bonds is 2. The van der Waals surface area contributed by atoms with Gasteiger partial charge in [-0.05, 0) is 19.1 Å². The monoisotopic (exact) mass is 233 g/mol. The van der Waals surface area contributed by atoms with Gasteiger partial charge in [-0.3, -0.25) is 10.1 Å². The Labute approximate surface area is 98.1 Å². The van der Waals surface area contributed by atoms with Crippen LogP contribution >= 0.6 is 0 Å². The predicted molar refractivity (Wildman–Crippen MR) is 62.3 cm³/mol. The van der Waals surface area contributed by atoms with Crippen molar-refractivity contribution in [2.75, 3.05) is 5.32 Å². The molecule has 1 N–H and O–H groups in total. The molecule has 88 valence electrons. The lowest BCUT2D eigenvalue weighted by Gasteiger charge is -2.05. The van der Waals surface area contributed by atoms with Crippen LogP contribution in [0.4, 0.5) is 10.3 Å². The van der Waals surface area contributed by atoms with Gasteiger partial charge in [0, 0.05) is 13.2 Å². The van der Waals surface area contributed by atoms with E-state index in [4.69, 9.17) is 0 Å².